The highest BCUT2D eigenvalue weighted by Crippen LogP contribution is 2.23. The molecule has 0 radical (unpaired) electrons. The lowest BCUT2D eigenvalue weighted by atomic mass is 9.86. The fourth-order valence-electron chi connectivity index (χ4n) is 3.45. The standard InChI is InChI=1S/C23H27NO4/c1-17-8-5-6-13-21(17)24-22(25)16-28-23(26)19-11-7-12-20(14-19)27-15-18-9-3-2-4-10-18/h2-4,7,9-12,14,17,21H,5-6,8,13,15-16H2,1H3,(H,24,25)/t17-,21+/m1/s1. The van der Waals surface area contributed by atoms with Crippen LogP contribution in [0.2, 0.25) is 0 Å². The maximum absolute atomic E-state index is 12.3. The first-order chi connectivity index (χ1) is 13.6. The van der Waals surface area contributed by atoms with E-state index in [0.717, 1.165) is 24.8 Å². The first-order valence-electron chi connectivity index (χ1n) is 9.85. The third-order valence-corrected chi connectivity index (χ3v) is 5.11. The molecule has 0 unspecified atom stereocenters. The van der Waals surface area contributed by atoms with Crippen molar-refractivity contribution in [1.29, 1.82) is 0 Å². The molecule has 2 atom stereocenters. The number of nitrogens with one attached hydrogen (secondary N) is 1. The van der Waals surface area contributed by atoms with Gasteiger partial charge in [0.15, 0.2) is 6.61 Å². The summed E-state index contributed by atoms with van der Waals surface area (Å²) in [6.45, 7) is 2.30. The van der Waals surface area contributed by atoms with Crippen LogP contribution in [0.1, 0.15) is 48.5 Å². The molecule has 1 amide bonds. The lowest BCUT2D eigenvalue weighted by molar-refractivity contribution is -0.125. The van der Waals surface area contributed by atoms with Crippen molar-refractivity contribution in [2.24, 2.45) is 5.92 Å². The second-order valence-electron chi connectivity index (χ2n) is 7.31. The minimum atomic E-state index is -0.531. The number of benzene rings is 2. The van der Waals surface area contributed by atoms with Crippen LogP contribution in [-0.2, 0) is 16.1 Å². The van der Waals surface area contributed by atoms with Crippen molar-refractivity contribution in [2.45, 2.75) is 45.3 Å². The minimum Gasteiger partial charge on any atom is -0.489 e. The monoisotopic (exact) mass is 381 g/mol. The molecular formula is C23H27NO4. The van der Waals surface area contributed by atoms with E-state index in [1.54, 1.807) is 24.3 Å². The van der Waals surface area contributed by atoms with Crippen molar-refractivity contribution in [3.8, 4) is 5.75 Å². The molecule has 5 heteroatoms. The van der Waals surface area contributed by atoms with E-state index in [9.17, 15) is 9.59 Å². The molecule has 0 bridgehead atoms. The Kier molecular flexibility index (Phi) is 7.06. The molecule has 0 aromatic heterocycles. The van der Waals surface area contributed by atoms with Crippen LogP contribution in [0.25, 0.3) is 0 Å². The Morgan fingerprint density at radius 2 is 1.82 bits per heavy atom. The summed E-state index contributed by atoms with van der Waals surface area (Å²) in [7, 11) is 0. The van der Waals surface area contributed by atoms with Gasteiger partial charge in [-0.15, -0.1) is 0 Å². The molecule has 1 aliphatic rings. The normalized spacial score (nSPS) is 18.9. The van der Waals surface area contributed by atoms with Crippen LogP contribution in [0.3, 0.4) is 0 Å². The Labute approximate surface area is 166 Å². The zero-order valence-electron chi connectivity index (χ0n) is 16.2. The average Bonchev–Trinajstić information content (AvgIpc) is 2.73. The van der Waals surface area contributed by atoms with Gasteiger partial charge in [-0.25, -0.2) is 4.79 Å². The molecule has 1 saturated carbocycles. The molecule has 28 heavy (non-hydrogen) atoms. The number of carbonyl (C=O) groups is 2. The number of carbonyl (C=O) groups excluding carboxylic acids is 2. The van der Waals surface area contributed by atoms with Crippen molar-refractivity contribution in [3.63, 3.8) is 0 Å². The summed E-state index contributed by atoms with van der Waals surface area (Å²) in [5, 5.41) is 2.98. The lowest BCUT2D eigenvalue weighted by Gasteiger charge is -2.29. The smallest absolute Gasteiger partial charge is 0.338 e. The number of esters is 1. The predicted octanol–water partition coefficient (Wildman–Crippen LogP) is 4.12. The van der Waals surface area contributed by atoms with Crippen molar-refractivity contribution in [1.82, 2.24) is 5.32 Å². The lowest BCUT2D eigenvalue weighted by Crippen LogP contribution is -2.42. The molecule has 0 spiro atoms. The number of amides is 1. The van der Waals surface area contributed by atoms with E-state index in [-0.39, 0.29) is 18.6 Å². The van der Waals surface area contributed by atoms with E-state index in [1.165, 1.54) is 6.42 Å². The molecule has 1 fully saturated rings. The second-order valence-corrected chi connectivity index (χ2v) is 7.31. The third kappa shape index (κ3) is 5.84. The SMILES string of the molecule is C[C@@H]1CCCC[C@@H]1NC(=O)COC(=O)c1cccc(OCc2ccccc2)c1. The summed E-state index contributed by atoms with van der Waals surface area (Å²) < 4.78 is 10.9. The minimum absolute atomic E-state index is 0.176. The van der Waals surface area contributed by atoms with Gasteiger partial charge in [0.2, 0.25) is 0 Å². The topological polar surface area (TPSA) is 64.6 Å². The van der Waals surface area contributed by atoms with Gasteiger partial charge in [0.05, 0.1) is 5.56 Å². The number of hydrogen-bond donors (Lipinski definition) is 1. The highest BCUT2D eigenvalue weighted by Gasteiger charge is 2.23. The van der Waals surface area contributed by atoms with Gasteiger partial charge in [-0.2, -0.15) is 0 Å². The van der Waals surface area contributed by atoms with Crippen LogP contribution in [0, 0.1) is 5.92 Å². The molecule has 2 aromatic carbocycles. The van der Waals surface area contributed by atoms with E-state index >= 15 is 0 Å². The van der Waals surface area contributed by atoms with E-state index < -0.39 is 5.97 Å². The summed E-state index contributed by atoms with van der Waals surface area (Å²) >= 11 is 0. The molecule has 0 heterocycles. The molecule has 1 N–H and O–H groups in total. The van der Waals surface area contributed by atoms with Gasteiger partial charge in [0.25, 0.3) is 5.91 Å². The fourth-order valence-corrected chi connectivity index (χ4v) is 3.45. The Bertz CT molecular complexity index is 790. The summed E-state index contributed by atoms with van der Waals surface area (Å²) in [6, 6.07) is 16.8. The second kappa shape index (κ2) is 9.93. The summed E-state index contributed by atoms with van der Waals surface area (Å²) in [5.74, 6) is 0.270. The van der Waals surface area contributed by atoms with Crippen molar-refractivity contribution in [2.75, 3.05) is 6.61 Å². The first-order valence-corrected chi connectivity index (χ1v) is 9.85. The Morgan fingerprint density at radius 3 is 2.61 bits per heavy atom. The zero-order chi connectivity index (χ0) is 19.8. The van der Waals surface area contributed by atoms with Crippen molar-refractivity contribution < 1.29 is 19.1 Å². The van der Waals surface area contributed by atoms with Gasteiger partial charge in [0, 0.05) is 6.04 Å². The van der Waals surface area contributed by atoms with E-state index in [0.29, 0.717) is 23.8 Å². The Morgan fingerprint density at radius 1 is 1.04 bits per heavy atom. The predicted molar refractivity (Wildman–Crippen MR) is 107 cm³/mol. The summed E-state index contributed by atoms with van der Waals surface area (Å²) in [6.07, 6.45) is 4.46. The first kappa shape index (κ1) is 19.9. The Hall–Kier alpha value is -2.82. The van der Waals surface area contributed by atoms with Gasteiger partial charge in [0.1, 0.15) is 12.4 Å². The molecule has 1 aliphatic carbocycles. The van der Waals surface area contributed by atoms with Crippen LogP contribution >= 0.6 is 0 Å². The molecule has 3 rings (SSSR count). The molecule has 5 nitrogen and oxygen atoms in total. The van der Waals surface area contributed by atoms with Crippen LogP contribution in [0.4, 0.5) is 0 Å². The van der Waals surface area contributed by atoms with Crippen LogP contribution in [0.5, 0.6) is 5.75 Å². The van der Waals surface area contributed by atoms with Gasteiger partial charge in [-0.05, 0) is 42.5 Å². The summed E-state index contributed by atoms with van der Waals surface area (Å²) in [5.41, 5.74) is 1.41. The van der Waals surface area contributed by atoms with Crippen LogP contribution < -0.4 is 10.1 Å². The molecule has 0 aliphatic heterocycles. The van der Waals surface area contributed by atoms with E-state index in [1.807, 2.05) is 30.3 Å². The maximum Gasteiger partial charge on any atom is 0.338 e. The third-order valence-electron chi connectivity index (χ3n) is 5.11. The number of rotatable bonds is 7. The van der Waals surface area contributed by atoms with Crippen LogP contribution in [-0.4, -0.2) is 24.5 Å². The average molecular weight is 381 g/mol. The van der Waals surface area contributed by atoms with Crippen molar-refractivity contribution >= 4 is 11.9 Å². The van der Waals surface area contributed by atoms with E-state index in [2.05, 4.69) is 12.2 Å². The molecule has 2 aromatic rings. The molecule has 148 valence electrons. The summed E-state index contributed by atoms with van der Waals surface area (Å²) in [4.78, 5) is 24.4. The molecular weight excluding hydrogens is 354 g/mol. The fraction of sp³-hybridized carbons (Fsp3) is 0.391. The van der Waals surface area contributed by atoms with E-state index in [4.69, 9.17) is 9.47 Å². The van der Waals surface area contributed by atoms with Gasteiger partial charge in [-0.3, -0.25) is 4.79 Å². The zero-order valence-corrected chi connectivity index (χ0v) is 16.2. The van der Waals surface area contributed by atoms with Crippen LogP contribution in [0.15, 0.2) is 54.6 Å². The van der Waals surface area contributed by atoms with Gasteiger partial charge in [-0.1, -0.05) is 56.2 Å². The number of hydrogen-bond acceptors (Lipinski definition) is 4. The largest absolute Gasteiger partial charge is 0.489 e. The van der Waals surface area contributed by atoms with Gasteiger partial charge >= 0.3 is 5.97 Å². The molecule has 0 saturated heterocycles. The van der Waals surface area contributed by atoms with Crippen molar-refractivity contribution in [3.05, 3.63) is 65.7 Å². The highest BCUT2D eigenvalue weighted by molar-refractivity contribution is 5.91. The Balaban J connectivity index is 1.48. The number of ether oxygens (including phenoxy) is 2. The van der Waals surface area contributed by atoms with Gasteiger partial charge < -0.3 is 14.8 Å². The highest BCUT2D eigenvalue weighted by atomic mass is 16.5. The quantitative estimate of drug-likeness (QED) is 0.733. The maximum atomic E-state index is 12.3.